The third-order valence-corrected chi connectivity index (χ3v) is 5.29. The number of methoxy groups -OCH3 is 1. The average Bonchev–Trinajstić information content (AvgIpc) is 3.23. The smallest absolute Gasteiger partial charge is 0.227 e. The molecular formula is C22H29ClN6O2. The Bertz CT molecular complexity index is 919. The molecule has 31 heavy (non-hydrogen) atoms. The van der Waals surface area contributed by atoms with E-state index in [1.54, 1.807) is 26.4 Å². The zero-order valence-electron chi connectivity index (χ0n) is 18.1. The number of hydrogen-bond acceptors (Lipinski definition) is 5. The number of ether oxygens (including phenoxy) is 1. The zero-order valence-corrected chi connectivity index (χ0v) is 18.9. The Morgan fingerprint density at radius 1 is 1.35 bits per heavy atom. The summed E-state index contributed by atoms with van der Waals surface area (Å²) < 4.78 is 5.48. The molecule has 3 N–H and O–H groups in total. The topological polar surface area (TPSA) is 90.9 Å². The number of aryl methyl sites for hydroxylation is 1. The van der Waals surface area contributed by atoms with Crippen LogP contribution in [0, 0.1) is 6.92 Å². The van der Waals surface area contributed by atoms with E-state index in [1.807, 2.05) is 31.2 Å². The molecule has 9 heteroatoms. The third-order valence-electron chi connectivity index (χ3n) is 5.06. The van der Waals surface area contributed by atoms with Crippen molar-refractivity contribution in [1.29, 1.82) is 0 Å². The first kappa shape index (κ1) is 22.7. The van der Waals surface area contributed by atoms with Gasteiger partial charge in [-0.25, -0.2) is 4.98 Å². The van der Waals surface area contributed by atoms with Crippen molar-refractivity contribution >= 4 is 35.0 Å². The molecule has 0 spiro atoms. The van der Waals surface area contributed by atoms with E-state index in [1.165, 1.54) is 0 Å². The van der Waals surface area contributed by atoms with Gasteiger partial charge in [0.2, 0.25) is 5.91 Å². The molecule has 2 heterocycles. The van der Waals surface area contributed by atoms with Gasteiger partial charge in [-0.1, -0.05) is 17.7 Å². The van der Waals surface area contributed by atoms with Gasteiger partial charge in [0.25, 0.3) is 0 Å². The summed E-state index contributed by atoms with van der Waals surface area (Å²) in [5.41, 5.74) is 2.04. The van der Waals surface area contributed by atoms with Crippen molar-refractivity contribution in [2.45, 2.75) is 25.8 Å². The van der Waals surface area contributed by atoms with Crippen LogP contribution in [0.4, 0.5) is 11.5 Å². The lowest BCUT2D eigenvalue weighted by atomic mass is 10.2. The minimum atomic E-state index is -0.0978. The highest BCUT2D eigenvalue weighted by Crippen LogP contribution is 2.33. The van der Waals surface area contributed by atoms with Crippen molar-refractivity contribution in [3.8, 4) is 5.75 Å². The van der Waals surface area contributed by atoms with Gasteiger partial charge in [0.15, 0.2) is 5.96 Å². The molecule has 1 aromatic heterocycles. The number of nitrogens with one attached hydrogen (secondary N) is 3. The summed E-state index contributed by atoms with van der Waals surface area (Å²) in [7, 11) is 3.38. The Hall–Kier alpha value is -3.00. The number of aliphatic imine (C=N–C) groups is 1. The number of aromatic nitrogens is 1. The lowest BCUT2D eigenvalue weighted by Crippen LogP contribution is -2.45. The van der Waals surface area contributed by atoms with E-state index >= 15 is 0 Å². The molecule has 166 valence electrons. The van der Waals surface area contributed by atoms with E-state index in [2.05, 4.69) is 30.8 Å². The van der Waals surface area contributed by atoms with Crippen molar-refractivity contribution in [2.75, 3.05) is 44.0 Å². The van der Waals surface area contributed by atoms with Crippen LogP contribution in [0.3, 0.4) is 0 Å². The van der Waals surface area contributed by atoms with Gasteiger partial charge in [0.1, 0.15) is 11.6 Å². The fourth-order valence-corrected chi connectivity index (χ4v) is 3.60. The number of rotatable bonds is 7. The molecule has 0 aliphatic carbocycles. The fourth-order valence-electron chi connectivity index (χ4n) is 3.44. The molecular weight excluding hydrogens is 416 g/mol. The van der Waals surface area contributed by atoms with E-state index < -0.39 is 0 Å². The second-order valence-electron chi connectivity index (χ2n) is 7.41. The highest BCUT2D eigenvalue weighted by atomic mass is 35.5. The SMILES string of the molecule is CN=C(NCCC(=O)Nc1ccc(C)cn1)NC1CCN(c2cc(Cl)ccc2OC)C1. The molecule has 1 amide bonds. The predicted octanol–water partition coefficient (Wildman–Crippen LogP) is 2.82. The first-order valence-corrected chi connectivity index (χ1v) is 10.6. The second-order valence-corrected chi connectivity index (χ2v) is 7.85. The van der Waals surface area contributed by atoms with Gasteiger partial charge in [-0.3, -0.25) is 9.79 Å². The van der Waals surface area contributed by atoms with Crippen LogP contribution in [0.1, 0.15) is 18.4 Å². The third kappa shape index (κ3) is 6.49. The monoisotopic (exact) mass is 444 g/mol. The number of anilines is 2. The van der Waals surface area contributed by atoms with Crippen molar-refractivity contribution in [3.05, 3.63) is 47.1 Å². The summed E-state index contributed by atoms with van der Waals surface area (Å²) in [6.45, 7) is 4.11. The maximum absolute atomic E-state index is 12.1. The van der Waals surface area contributed by atoms with Crippen LogP contribution in [0.5, 0.6) is 5.75 Å². The molecule has 2 aromatic rings. The summed E-state index contributed by atoms with van der Waals surface area (Å²) in [6.07, 6.45) is 2.99. The van der Waals surface area contributed by atoms with Crippen LogP contribution >= 0.6 is 11.6 Å². The van der Waals surface area contributed by atoms with Gasteiger partial charge < -0.3 is 25.6 Å². The maximum Gasteiger partial charge on any atom is 0.227 e. The molecule has 0 radical (unpaired) electrons. The predicted molar refractivity (Wildman–Crippen MR) is 125 cm³/mol. The number of carbonyl (C=O) groups excluding carboxylic acids is 1. The highest BCUT2D eigenvalue weighted by molar-refractivity contribution is 6.30. The van der Waals surface area contributed by atoms with E-state index in [9.17, 15) is 4.79 Å². The van der Waals surface area contributed by atoms with Gasteiger partial charge in [-0.15, -0.1) is 0 Å². The van der Waals surface area contributed by atoms with Crippen molar-refractivity contribution in [2.24, 2.45) is 4.99 Å². The Morgan fingerprint density at radius 3 is 2.90 bits per heavy atom. The number of pyridine rings is 1. The molecule has 8 nitrogen and oxygen atoms in total. The minimum Gasteiger partial charge on any atom is -0.495 e. The first-order chi connectivity index (χ1) is 15.0. The molecule has 1 unspecified atom stereocenters. The molecule has 0 bridgehead atoms. The summed E-state index contributed by atoms with van der Waals surface area (Å²) >= 11 is 6.17. The van der Waals surface area contributed by atoms with Gasteiger partial charge in [-0.05, 0) is 43.2 Å². The number of benzene rings is 1. The van der Waals surface area contributed by atoms with Gasteiger partial charge in [-0.2, -0.15) is 0 Å². The second kappa shape index (κ2) is 10.9. The van der Waals surface area contributed by atoms with Crippen LogP contribution in [-0.4, -0.2) is 56.7 Å². The Labute approximate surface area is 188 Å². The molecule has 3 rings (SSSR count). The molecule has 1 aromatic carbocycles. The largest absolute Gasteiger partial charge is 0.495 e. The molecule has 1 aliphatic rings. The van der Waals surface area contributed by atoms with Gasteiger partial charge >= 0.3 is 0 Å². The van der Waals surface area contributed by atoms with Gasteiger partial charge in [0, 0.05) is 50.4 Å². The van der Waals surface area contributed by atoms with Crippen LogP contribution < -0.4 is 25.6 Å². The summed E-state index contributed by atoms with van der Waals surface area (Å²) in [5, 5.41) is 10.1. The average molecular weight is 445 g/mol. The number of carbonyl (C=O) groups is 1. The number of guanidine groups is 1. The van der Waals surface area contributed by atoms with Crippen LogP contribution in [0.25, 0.3) is 0 Å². The summed E-state index contributed by atoms with van der Waals surface area (Å²) in [5.74, 6) is 1.94. The number of halogens is 1. The minimum absolute atomic E-state index is 0.0978. The molecule has 1 saturated heterocycles. The molecule has 0 saturated carbocycles. The standard InChI is InChI=1S/C22H29ClN6O2/c1-15-4-7-20(26-13-15)28-21(30)8-10-25-22(24-2)27-17-9-11-29(14-17)18-12-16(23)5-6-19(18)31-3/h4-7,12-13,17H,8-11,14H2,1-3H3,(H2,24,25,27)(H,26,28,30). The Kier molecular flexibility index (Phi) is 7.94. The van der Waals surface area contributed by atoms with Gasteiger partial charge in [0.05, 0.1) is 12.8 Å². The van der Waals surface area contributed by atoms with Crippen molar-refractivity contribution in [3.63, 3.8) is 0 Å². The lowest BCUT2D eigenvalue weighted by Gasteiger charge is -2.22. The number of amides is 1. The van der Waals surface area contributed by atoms with Crippen LogP contribution in [-0.2, 0) is 4.79 Å². The summed E-state index contributed by atoms with van der Waals surface area (Å²) in [4.78, 5) is 22.8. The van der Waals surface area contributed by atoms with Crippen molar-refractivity contribution < 1.29 is 9.53 Å². The van der Waals surface area contributed by atoms with Crippen molar-refractivity contribution in [1.82, 2.24) is 15.6 Å². The number of nitrogens with zero attached hydrogens (tertiary/aromatic N) is 3. The van der Waals surface area contributed by atoms with Crippen LogP contribution in [0.2, 0.25) is 5.02 Å². The normalized spacial score (nSPS) is 16.2. The van der Waals surface area contributed by atoms with E-state index in [-0.39, 0.29) is 11.9 Å². The maximum atomic E-state index is 12.1. The zero-order chi connectivity index (χ0) is 22.2. The quantitative estimate of drug-likeness (QED) is 0.449. The molecule has 1 aliphatic heterocycles. The lowest BCUT2D eigenvalue weighted by molar-refractivity contribution is -0.116. The molecule has 1 fully saturated rings. The molecule has 1 atom stereocenters. The summed E-state index contributed by atoms with van der Waals surface area (Å²) in [6, 6.07) is 9.57. The number of hydrogen-bond donors (Lipinski definition) is 3. The highest BCUT2D eigenvalue weighted by Gasteiger charge is 2.25. The van der Waals surface area contributed by atoms with E-state index in [0.29, 0.717) is 29.8 Å². The first-order valence-electron chi connectivity index (χ1n) is 10.3. The van der Waals surface area contributed by atoms with E-state index in [0.717, 1.165) is 36.5 Å². The Balaban J connectivity index is 1.45. The van der Waals surface area contributed by atoms with Crippen LogP contribution in [0.15, 0.2) is 41.5 Å². The fraction of sp³-hybridized carbons (Fsp3) is 0.409. The van der Waals surface area contributed by atoms with E-state index in [4.69, 9.17) is 16.3 Å². The Morgan fingerprint density at radius 2 is 2.19 bits per heavy atom.